The number of hydrogen-bond acceptors (Lipinski definition) is 6. The van der Waals surface area contributed by atoms with Crippen LogP contribution in [0.25, 0.3) is 10.8 Å². The Kier molecular flexibility index (Phi) is 4.03. The van der Waals surface area contributed by atoms with Gasteiger partial charge in [0.05, 0.1) is 10.1 Å². The number of thioether (sulfide) groups is 1. The minimum absolute atomic E-state index is 0.379. The lowest BCUT2D eigenvalue weighted by atomic mass is 9.90. The standard InChI is InChI=1S/C14H17N3O2S2/c1-7-3-4-10-9(5-7)6-11(21-10)13-16-17-14(19-13)20-8(2)12(15)18/h6-8H,3-5H2,1-2H3,(H2,15,18). The van der Waals surface area contributed by atoms with E-state index in [9.17, 15) is 4.79 Å². The molecule has 2 heterocycles. The average Bonchev–Trinajstić information content (AvgIpc) is 3.04. The first-order valence-corrected chi connectivity index (χ1v) is 8.64. The second-order valence-corrected chi connectivity index (χ2v) is 7.87. The van der Waals surface area contributed by atoms with Crippen molar-refractivity contribution in [1.29, 1.82) is 0 Å². The fourth-order valence-electron chi connectivity index (χ4n) is 2.38. The van der Waals surface area contributed by atoms with Crippen LogP contribution in [0.5, 0.6) is 0 Å². The highest BCUT2D eigenvalue weighted by atomic mass is 32.2. The minimum atomic E-state index is -0.389. The van der Waals surface area contributed by atoms with Crippen LogP contribution in [-0.4, -0.2) is 21.4 Å². The van der Waals surface area contributed by atoms with Crippen molar-refractivity contribution >= 4 is 29.0 Å². The molecule has 2 aromatic rings. The summed E-state index contributed by atoms with van der Waals surface area (Å²) in [6, 6.07) is 2.16. The lowest BCUT2D eigenvalue weighted by Crippen LogP contribution is -2.22. The fourth-order valence-corrected chi connectivity index (χ4v) is 4.14. The van der Waals surface area contributed by atoms with E-state index in [-0.39, 0.29) is 11.2 Å². The highest BCUT2D eigenvalue weighted by Gasteiger charge is 2.21. The Bertz CT molecular complexity index is 665. The first-order chi connectivity index (χ1) is 10.0. The van der Waals surface area contributed by atoms with Crippen molar-refractivity contribution in [2.45, 2.75) is 43.6 Å². The Morgan fingerprint density at radius 1 is 1.57 bits per heavy atom. The Labute approximate surface area is 131 Å². The van der Waals surface area contributed by atoms with Gasteiger partial charge in [0.1, 0.15) is 0 Å². The van der Waals surface area contributed by atoms with Crippen LogP contribution >= 0.6 is 23.1 Å². The van der Waals surface area contributed by atoms with E-state index in [4.69, 9.17) is 10.2 Å². The molecule has 7 heteroatoms. The van der Waals surface area contributed by atoms with Crippen LogP contribution in [0.2, 0.25) is 0 Å². The van der Waals surface area contributed by atoms with Gasteiger partial charge < -0.3 is 10.2 Å². The van der Waals surface area contributed by atoms with Crippen LogP contribution in [0, 0.1) is 5.92 Å². The SMILES string of the molecule is CC1CCc2sc(-c3nnc(SC(C)C(N)=O)o3)cc2C1. The molecule has 0 radical (unpaired) electrons. The first kappa shape index (κ1) is 14.6. The van der Waals surface area contributed by atoms with Crippen molar-refractivity contribution in [3.8, 4) is 10.8 Å². The van der Waals surface area contributed by atoms with Crippen LogP contribution in [-0.2, 0) is 17.6 Å². The van der Waals surface area contributed by atoms with Gasteiger partial charge in [-0.25, -0.2) is 0 Å². The maximum Gasteiger partial charge on any atom is 0.277 e. The van der Waals surface area contributed by atoms with E-state index < -0.39 is 0 Å². The number of primary amides is 1. The van der Waals surface area contributed by atoms with Crippen LogP contribution in [0.1, 0.15) is 30.7 Å². The summed E-state index contributed by atoms with van der Waals surface area (Å²) in [6.45, 7) is 4.01. The summed E-state index contributed by atoms with van der Waals surface area (Å²) in [5, 5.41) is 8.07. The van der Waals surface area contributed by atoms with Gasteiger partial charge in [-0.05, 0) is 43.7 Å². The highest BCUT2D eigenvalue weighted by molar-refractivity contribution is 8.00. The summed E-state index contributed by atoms with van der Waals surface area (Å²) in [5.41, 5.74) is 6.64. The molecule has 2 unspecified atom stereocenters. The molecule has 0 fully saturated rings. The van der Waals surface area contributed by atoms with Gasteiger partial charge in [0.2, 0.25) is 5.91 Å². The quantitative estimate of drug-likeness (QED) is 0.875. The fraction of sp³-hybridized carbons (Fsp3) is 0.500. The molecule has 21 heavy (non-hydrogen) atoms. The number of aryl methyl sites for hydroxylation is 1. The number of thiophene rings is 1. The van der Waals surface area contributed by atoms with E-state index in [1.807, 2.05) is 0 Å². The van der Waals surface area contributed by atoms with Gasteiger partial charge in [-0.1, -0.05) is 18.7 Å². The molecule has 0 saturated carbocycles. The summed E-state index contributed by atoms with van der Waals surface area (Å²) >= 11 is 2.92. The predicted molar refractivity (Wildman–Crippen MR) is 83.3 cm³/mol. The number of rotatable bonds is 4. The molecule has 112 valence electrons. The van der Waals surface area contributed by atoms with Gasteiger partial charge in [-0.3, -0.25) is 4.79 Å². The Hall–Kier alpha value is -1.34. The number of fused-ring (bicyclic) bond motifs is 1. The zero-order chi connectivity index (χ0) is 15.0. The monoisotopic (exact) mass is 323 g/mol. The van der Waals surface area contributed by atoms with Crippen molar-refractivity contribution in [1.82, 2.24) is 10.2 Å². The molecule has 0 aliphatic heterocycles. The van der Waals surface area contributed by atoms with Crippen LogP contribution in [0.3, 0.4) is 0 Å². The summed E-state index contributed by atoms with van der Waals surface area (Å²) in [6.07, 6.45) is 3.50. The Morgan fingerprint density at radius 2 is 2.38 bits per heavy atom. The van der Waals surface area contributed by atoms with Crippen molar-refractivity contribution in [2.75, 3.05) is 0 Å². The second kappa shape index (κ2) is 5.81. The van der Waals surface area contributed by atoms with Gasteiger partial charge in [-0.15, -0.1) is 21.5 Å². The van der Waals surface area contributed by atoms with E-state index in [0.717, 1.165) is 23.6 Å². The van der Waals surface area contributed by atoms with Gasteiger partial charge in [-0.2, -0.15) is 0 Å². The molecular formula is C14H17N3O2S2. The van der Waals surface area contributed by atoms with Crippen molar-refractivity contribution in [2.24, 2.45) is 11.7 Å². The van der Waals surface area contributed by atoms with Crippen molar-refractivity contribution < 1.29 is 9.21 Å². The van der Waals surface area contributed by atoms with Crippen molar-refractivity contribution in [3.05, 3.63) is 16.5 Å². The summed E-state index contributed by atoms with van der Waals surface area (Å²) in [4.78, 5) is 13.5. The number of carbonyl (C=O) groups excluding carboxylic acids is 1. The lowest BCUT2D eigenvalue weighted by Gasteiger charge is -2.16. The lowest BCUT2D eigenvalue weighted by molar-refractivity contribution is -0.117. The Balaban J connectivity index is 1.79. The zero-order valence-electron chi connectivity index (χ0n) is 12.0. The maximum atomic E-state index is 11.1. The molecule has 0 saturated heterocycles. The summed E-state index contributed by atoms with van der Waals surface area (Å²) in [7, 11) is 0. The molecule has 2 N–H and O–H groups in total. The molecule has 0 aromatic carbocycles. The smallest absolute Gasteiger partial charge is 0.277 e. The predicted octanol–water partition coefficient (Wildman–Crippen LogP) is 2.89. The number of amides is 1. The van der Waals surface area contributed by atoms with Gasteiger partial charge in [0.25, 0.3) is 11.1 Å². The average molecular weight is 323 g/mol. The number of carbonyl (C=O) groups is 1. The van der Waals surface area contributed by atoms with E-state index >= 15 is 0 Å². The molecule has 1 aliphatic carbocycles. The minimum Gasteiger partial charge on any atom is -0.410 e. The third-order valence-electron chi connectivity index (χ3n) is 3.62. The molecule has 3 rings (SSSR count). The molecule has 5 nitrogen and oxygen atoms in total. The Morgan fingerprint density at radius 3 is 3.14 bits per heavy atom. The number of nitrogens with zero attached hydrogens (tertiary/aromatic N) is 2. The summed E-state index contributed by atoms with van der Waals surface area (Å²) in [5.74, 6) is 0.881. The van der Waals surface area contributed by atoms with Crippen LogP contribution in [0.15, 0.2) is 15.7 Å². The molecule has 0 bridgehead atoms. The normalized spacial score (nSPS) is 19.2. The van der Waals surface area contributed by atoms with Crippen LogP contribution in [0.4, 0.5) is 0 Å². The number of aromatic nitrogens is 2. The molecular weight excluding hydrogens is 306 g/mol. The molecule has 1 amide bonds. The first-order valence-electron chi connectivity index (χ1n) is 6.94. The number of hydrogen-bond donors (Lipinski definition) is 1. The van der Waals surface area contributed by atoms with E-state index in [2.05, 4.69) is 23.2 Å². The maximum absolute atomic E-state index is 11.1. The van der Waals surface area contributed by atoms with E-state index in [1.54, 1.807) is 18.3 Å². The third-order valence-corrected chi connectivity index (χ3v) is 5.80. The summed E-state index contributed by atoms with van der Waals surface area (Å²) < 4.78 is 5.64. The van der Waals surface area contributed by atoms with Crippen molar-refractivity contribution in [3.63, 3.8) is 0 Å². The van der Waals surface area contributed by atoms with Gasteiger partial charge in [0, 0.05) is 4.88 Å². The van der Waals surface area contributed by atoms with Gasteiger partial charge in [0.15, 0.2) is 0 Å². The second-order valence-electron chi connectivity index (χ2n) is 5.44. The molecule has 0 spiro atoms. The largest absolute Gasteiger partial charge is 0.410 e. The van der Waals surface area contributed by atoms with E-state index in [1.165, 1.54) is 28.6 Å². The zero-order valence-corrected chi connectivity index (χ0v) is 13.6. The number of nitrogens with two attached hydrogens (primary N) is 1. The highest BCUT2D eigenvalue weighted by Crippen LogP contribution is 2.37. The molecule has 1 aliphatic rings. The van der Waals surface area contributed by atoms with E-state index in [0.29, 0.717) is 11.1 Å². The molecule has 2 atom stereocenters. The van der Waals surface area contributed by atoms with Crippen LogP contribution < -0.4 is 5.73 Å². The topological polar surface area (TPSA) is 82.0 Å². The molecule has 2 aromatic heterocycles. The third kappa shape index (κ3) is 3.13. The van der Waals surface area contributed by atoms with Gasteiger partial charge >= 0.3 is 0 Å².